The minimum absolute atomic E-state index is 0.784. The highest BCUT2D eigenvalue weighted by molar-refractivity contribution is 9.10. The van der Waals surface area contributed by atoms with Crippen LogP contribution in [0, 0.1) is 0 Å². The summed E-state index contributed by atoms with van der Waals surface area (Å²) >= 11 is 2.46. The van der Waals surface area contributed by atoms with E-state index in [9.17, 15) is 34.8 Å². The van der Waals surface area contributed by atoms with Crippen molar-refractivity contribution in [3.05, 3.63) is 0 Å². The molecule has 1 unspecified atom stereocenters. The van der Waals surface area contributed by atoms with Crippen molar-refractivity contribution in [3.63, 3.8) is 0 Å². The van der Waals surface area contributed by atoms with Crippen LogP contribution in [0.4, 0.5) is 0 Å². The van der Waals surface area contributed by atoms with Gasteiger partial charge in [0.25, 0.3) is 5.79 Å². The average molecular weight is 355 g/mol. The summed E-state index contributed by atoms with van der Waals surface area (Å²) in [5, 5.41) is 41.0. The van der Waals surface area contributed by atoms with Gasteiger partial charge < -0.3 is 25.2 Å². The highest BCUT2D eigenvalue weighted by atomic mass is 79.9. The van der Waals surface area contributed by atoms with Gasteiger partial charge in [0, 0.05) is 6.92 Å². The van der Waals surface area contributed by atoms with Gasteiger partial charge in [0.15, 0.2) is 23.0 Å². The van der Waals surface area contributed by atoms with Crippen molar-refractivity contribution >= 4 is 33.3 Å². The molecule has 1 saturated heterocycles. The van der Waals surface area contributed by atoms with Crippen LogP contribution in [-0.4, -0.2) is 65.9 Å². The quantitative estimate of drug-likeness (QED) is 0.427. The normalized spacial score (nSPS) is 45.0. The third kappa shape index (κ3) is 1.74. The van der Waals surface area contributed by atoms with Crippen LogP contribution in [0.3, 0.4) is 0 Å². The number of ketones is 3. The lowest BCUT2D eigenvalue weighted by atomic mass is 9.69. The highest BCUT2D eigenvalue weighted by Gasteiger charge is 2.78. The zero-order valence-electron chi connectivity index (χ0n) is 11.0. The molecule has 0 saturated carbocycles. The predicted molar refractivity (Wildman–Crippen MR) is 66.7 cm³/mol. The Hall–Kier alpha value is -0.710. The van der Waals surface area contributed by atoms with Crippen molar-refractivity contribution in [1.82, 2.24) is 0 Å². The number of hydrogen-bond acceptors (Lipinski definition) is 8. The molecule has 0 aliphatic carbocycles. The van der Waals surface area contributed by atoms with Gasteiger partial charge in [-0.2, -0.15) is 0 Å². The molecule has 0 aromatic carbocycles. The number of hydrogen-bond donors (Lipinski definition) is 4. The van der Waals surface area contributed by atoms with Gasteiger partial charge >= 0.3 is 0 Å². The number of alkyl halides is 1. The van der Waals surface area contributed by atoms with Crippen LogP contribution in [0.25, 0.3) is 0 Å². The van der Waals surface area contributed by atoms with Crippen molar-refractivity contribution < 1.29 is 39.5 Å². The van der Waals surface area contributed by atoms with Gasteiger partial charge in [-0.15, -0.1) is 0 Å². The minimum Gasteiger partial charge on any atom is -0.376 e. The summed E-state index contributed by atoms with van der Waals surface area (Å²) in [5.74, 6) is -6.48. The summed E-state index contributed by atoms with van der Waals surface area (Å²) in [5.41, 5.74) is -6.02. The Morgan fingerprint density at radius 1 is 0.950 bits per heavy atom. The first-order valence-electron chi connectivity index (χ1n) is 5.54. The maximum atomic E-state index is 11.7. The Balaban J connectivity index is 3.67. The minimum atomic E-state index is -3.19. The second-order valence-corrected chi connectivity index (χ2v) is 5.94. The predicted octanol–water partition coefficient (Wildman–Crippen LogP) is -1.98. The highest BCUT2D eigenvalue weighted by Crippen LogP contribution is 2.50. The molecule has 0 aromatic heterocycles. The van der Waals surface area contributed by atoms with Gasteiger partial charge in [0.2, 0.25) is 10.1 Å². The molecule has 1 rings (SSSR count). The zero-order chi connectivity index (χ0) is 16.1. The molecule has 0 spiro atoms. The summed E-state index contributed by atoms with van der Waals surface area (Å²) in [6.45, 7) is 1.43. The maximum absolute atomic E-state index is 11.7. The lowest BCUT2D eigenvalue weighted by Gasteiger charge is -2.55. The molecule has 4 N–H and O–H groups in total. The molecule has 0 bridgehead atoms. The lowest BCUT2D eigenvalue weighted by Crippen LogP contribution is -2.84. The summed E-state index contributed by atoms with van der Waals surface area (Å²) in [4.78, 5) is 34.8. The van der Waals surface area contributed by atoms with E-state index in [-0.39, 0.29) is 0 Å². The lowest BCUT2D eigenvalue weighted by molar-refractivity contribution is -0.349. The molecule has 1 aliphatic rings. The monoisotopic (exact) mass is 354 g/mol. The summed E-state index contributed by atoms with van der Waals surface area (Å²) in [6, 6.07) is 0. The van der Waals surface area contributed by atoms with Crippen LogP contribution >= 0.6 is 15.9 Å². The fourth-order valence-electron chi connectivity index (χ4n) is 2.14. The molecule has 114 valence electrons. The van der Waals surface area contributed by atoms with Crippen LogP contribution in [0.1, 0.15) is 20.8 Å². The third-order valence-corrected chi connectivity index (χ3v) is 4.70. The number of carbonyl (C=O) groups is 3. The number of carbonyl (C=O) groups excluding carboxylic acids is 3. The fourth-order valence-corrected chi connectivity index (χ4v) is 3.14. The van der Waals surface area contributed by atoms with Crippen LogP contribution in [0.15, 0.2) is 0 Å². The van der Waals surface area contributed by atoms with Crippen LogP contribution < -0.4 is 0 Å². The van der Waals surface area contributed by atoms with Crippen molar-refractivity contribution in [1.29, 1.82) is 0 Å². The molecule has 1 fully saturated rings. The summed E-state index contributed by atoms with van der Waals surface area (Å²) in [7, 11) is 0. The van der Waals surface area contributed by atoms with Crippen molar-refractivity contribution in [3.8, 4) is 0 Å². The second kappa shape index (κ2) is 4.65. The molecule has 9 heteroatoms. The van der Waals surface area contributed by atoms with E-state index in [0.29, 0.717) is 0 Å². The number of aliphatic hydroxyl groups is 4. The molecule has 0 radical (unpaired) electrons. The standard InChI is InChI=1S/C11H15BrO8/c1-5(13)8(16)4-20-10(18,7(3)15)11(12,19)9(8,17)6(2)14/h16-19H,4H2,1-3H3/t8-,9+,10?,11-/m0/s1. The first-order valence-corrected chi connectivity index (χ1v) is 6.34. The Morgan fingerprint density at radius 3 is 1.70 bits per heavy atom. The molecule has 4 atom stereocenters. The van der Waals surface area contributed by atoms with E-state index >= 15 is 0 Å². The van der Waals surface area contributed by atoms with Gasteiger partial charge in [-0.3, -0.25) is 14.4 Å². The summed E-state index contributed by atoms with van der Waals surface area (Å²) in [6.07, 6.45) is 0. The van der Waals surface area contributed by atoms with Gasteiger partial charge in [-0.25, -0.2) is 0 Å². The average Bonchev–Trinajstić information content (AvgIpc) is 2.31. The topological polar surface area (TPSA) is 141 Å². The number of halogens is 1. The van der Waals surface area contributed by atoms with E-state index in [2.05, 4.69) is 15.9 Å². The van der Waals surface area contributed by atoms with E-state index < -0.39 is 45.5 Å². The Kier molecular flexibility index (Phi) is 4.03. The largest absolute Gasteiger partial charge is 0.376 e. The van der Waals surface area contributed by atoms with E-state index in [1.807, 2.05) is 0 Å². The molecule has 1 heterocycles. The molecule has 0 aromatic rings. The third-order valence-electron chi connectivity index (χ3n) is 3.59. The van der Waals surface area contributed by atoms with Gasteiger partial charge in [-0.1, -0.05) is 0 Å². The van der Waals surface area contributed by atoms with E-state index in [0.717, 1.165) is 20.8 Å². The fraction of sp³-hybridized carbons (Fsp3) is 0.727. The van der Waals surface area contributed by atoms with Crippen molar-refractivity contribution in [2.24, 2.45) is 0 Å². The van der Waals surface area contributed by atoms with Gasteiger partial charge in [0.05, 0.1) is 6.61 Å². The first kappa shape index (κ1) is 17.3. The second-order valence-electron chi connectivity index (χ2n) is 4.79. The zero-order valence-corrected chi connectivity index (χ0v) is 12.6. The van der Waals surface area contributed by atoms with Crippen molar-refractivity contribution in [2.75, 3.05) is 6.61 Å². The molecular weight excluding hydrogens is 340 g/mol. The van der Waals surface area contributed by atoms with E-state index in [1.165, 1.54) is 0 Å². The molecule has 0 amide bonds. The SMILES string of the molecule is CC(=O)C1(O)OC[C@](O)(C(C)=O)[C@](O)(C(C)=O)[C@@]1(O)Br. The summed E-state index contributed by atoms with van der Waals surface area (Å²) < 4.78 is 1.57. The Bertz CT molecular complexity index is 489. The van der Waals surface area contributed by atoms with Gasteiger partial charge in [0.1, 0.15) is 0 Å². The van der Waals surface area contributed by atoms with Gasteiger partial charge in [-0.05, 0) is 29.8 Å². The number of ether oxygens (including phenoxy) is 1. The molecule has 8 nitrogen and oxygen atoms in total. The molecule has 20 heavy (non-hydrogen) atoms. The maximum Gasteiger partial charge on any atom is 0.270 e. The van der Waals surface area contributed by atoms with Crippen LogP contribution in [0.5, 0.6) is 0 Å². The van der Waals surface area contributed by atoms with Crippen LogP contribution in [0.2, 0.25) is 0 Å². The Morgan fingerprint density at radius 2 is 1.40 bits per heavy atom. The Labute approximate surface area is 122 Å². The smallest absolute Gasteiger partial charge is 0.270 e. The number of Topliss-reactive ketones (excluding diaryl/α,β-unsaturated/α-hetero) is 3. The number of rotatable bonds is 3. The van der Waals surface area contributed by atoms with E-state index in [4.69, 9.17) is 4.74 Å². The van der Waals surface area contributed by atoms with Crippen molar-refractivity contribution in [2.45, 2.75) is 42.3 Å². The first-order chi connectivity index (χ1) is 8.79. The molecule has 1 aliphatic heterocycles. The van der Waals surface area contributed by atoms with E-state index in [1.54, 1.807) is 0 Å². The molecular formula is C11H15BrO8. The van der Waals surface area contributed by atoms with Crippen LogP contribution in [-0.2, 0) is 19.1 Å².